The van der Waals surface area contributed by atoms with Gasteiger partial charge < -0.3 is 5.32 Å². The van der Waals surface area contributed by atoms with Gasteiger partial charge in [0.1, 0.15) is 0 Å². The Hall–Kier alpha value is -3.01. The number of pyridine rings is 2. The van der Waals surface area contributed by atoms with Gasteiger partial charge in [-0.15, -0.1) is 0 Å². The summed E-state index contributed by atoms with van der Waals surface area (Å²) in [6.07, 6.45) is 8.19. The van der Waals surface area contributed by atoms with Crippen LogP contribution in [-0.2, 0) is 11.2 Å². The first-order chi connectivity index (χ1) is 12.6. The molecule has 0 aliphatic heterocycles. The Labute approximate surface area is 154 Å². The second kappa shape index (κ2) is 8.39. The molecule has 0 fully saturated rings. The maximum absolute atomic E-state index is 12.6. The molecule has 0 spiro atoms. The van der Waals surface area contributed by atoms with E-state index in [1.165, 1.54) is 5.56 Å². The summed E-state index contributed by atoms with van der Waals surface area (Å²) in [6.45, 7) is 4.15. The van der Waals surface area contributed by atoms with Gasteiger partial charge in [0, 0.05) is 31.2 Å². The van der Waals surface area contributed by atoms with Crippen LogP contribution in [-0.4, -0.2) is 15.9 Å². The lowest BCUT2D eigenvalue weighted by Gasteiger charge is -2.22. The van der Waals surface area contributed by atoms with Crippen molar-refractivity contribution in [2.24, 2.45) is 0 Å². The summed E-state index contributed by atoms with van der Waals surface area (Å²) >= 11 is 0. The topological polar surface area (TPSA) is 54.9 Å². The van der Waals surface area contributed by atoms with Crippen molar-refractivity contribution in [2.45, 2.75) is 32.7 Å². The van der Waals surface area contributed by atoms with E-state index in [0.29, 0.717) is 12.8 Å². The molecule has 1 N–H and O–H groups in total. The van der Waals surface area contributed by atoms with Gasteiger partial charge in [-0.05, 0) is 60.7 Å². The molecule has 0 aliphatic carbocycles. The molecular weight excluding hydrogens is 322 g/mol. The lowest BCUT2D eigenvalue weighted by Crippen LogP contribution is -2.30. The minimum absolute atomic E-state index is 0.0237. The molecule has 0 saturated heterocycles. The van der Waals surface area contributed by atoms with Gasteiger partial charge in [0.2, 0.25) is 5.91 Å². The fraction of sp³-hybridized carbons (Fsp3) is 0.227. The van der Waals surface area contributed by atoms with E-state index in [2.05, 4.69) is 47.3 Å². The third-order valence-electron chi connectivity index (χ3n) is 4.45. The van der Waals surface area contributed by atoms with Crippen molar-refractivity contribution in [3.05, 3.63) is 95.1 Å². The summed E-state index contributed by atoms with van der Waals surface area (Å²) in [7, 11) is 0. The molecule has 0 radical (unpaired) electrons. The molecule has 26 heavy (non-hydrogen) atoms. The van der Waals surface area contributed by atoms with Crippen LogP contribution in [0.4, 0.5) is 0 Å². The van der Waals surface area contributed by atoms with Crippen molar-refractivity contribution in [1.82, 2.24) is 15.3 Å². The maximum Gasteiger partial charge on any atom is 0.221 e. The molecule has 0 aliphatic rings. The zero-order chi connectivity index (χ0) is 18.4. The van der Waals surface area contributed by atoms with E-state index in [0.717, 1.165) is 22.3 Å². The zero-order valence-corrected chi connectivity index (χ0v) is 15.1. The molecule has 3 aromatic rings. The first-order valence-corrected chi connectivity index (χ1v) is 8.79. The maximum atomic E-state index is 12.6. The first-order valence-electron chi connectivity index (χ1n) is 8.79. The number of nitrogens with zero attached hydrogens (tertiary/aromatic N) is 2. The number of benzene rings is 1. The summed E-state index contributed by atoms with van der Waals surface area (Å²) in [6, 6.07) is 13.9. The molecular formula is C22H23N3O. The molecule has 2 aromatic heterocycles. The summed E-state index contributed by atoms with van der Waals surface area (Å²) in [4.78, 5) is 20.8. The third-order valence-corrected chi connectivity index (χ3v) is 4.45. The number of amides is 1. The zero-order valence-electron chi connectivity index (χ0n) is 15.1. The highest BCUT2D eigenvalue weighted by Gasteiger charge is 2.19. The summed E-state index contributed by atoms with van der Waals surface area (Å²) in [5.41, 5.74) is 5.56. The summed E-state index contributed by atoms with van der Waals surface area (Å²) in [5.74, 6) is 0.0237. The van der Waals surface area contributed by atoms with Crippen LogP contribution in [0.5, 0.6) is 0 Å². The van der Waals surface area contributed by atoms with Crippen LogP contribution in [0, 0.1) is 13.8 Å². The highest BCUT2D eigenvalue weighted by molar-refractivity contribution is 5.77. The molecule has 4 nitrogen and oxygen atoms in total. The Morgan fingerprint density at radius 3 is 2.54 bits per heavy atom. The standard InChI is InChI=1S/C22H23N3O/c1-16-5-7-20(17(2)14-16)22(19-4-3-11-24-15-19)25-21(26)8-6-18-9-12-23-13-10-18/h3-5,7,9-15,22H,6,8H2,1-2H3,(H,25,26)/t22-/m0/s1. The second-order valence-corrected chi connectivity index (χ2v) is 6.50. The predicted molar refractivity (Wildman–Crippen MR) is 103 cm³/mol. The fourth-order valence-electron chi connectivity index (χ4n) is 3.08. The summed E-state index contributed by atoms with van der Waals surface area (Å²) in [5, 5.41) is 3.19. The molecule has 1 atom stereocenters. The van der Waals surface area contributed by atoms with Gasteiger partial charge in [0.05, 0.1) is 6.04 Å². The first kappa shape index (κ1) is 17.8. The normalized spacial score (nSPS) is 11.8. The highest BCUT2D eigenvalue weighted by Crippen LogP contribution is 2.25. The number of aromatic nitrogens is 2. The molecule has 4 heteroatoms. The van der Waals surface area contributed by atoms with Crippen LogP contribution in [0.3, 0.4) is 0 Å². The van der Waals surface area contributed by atoms with Crippen LogP contribution in [0.15, 0.2) is 67.3 Å². The largest absolute Gasteiger partial charge is 0.345 e. The van der Waals surface area contributed by atoms with Gasteiger partial charge in [-0.1, -0.05) is 29.8 Å². The number of carbonyl (C=O) groups excluding carboxylic acids is 1. The van der Waals surface area contributed by atoms with Crippen LogP contribution in [0.2, 0.25) is 0 Å². The van der Waals surface area contributed by atoms with Gasteiger partial charge in [-0.25, -0.2) is 0 Å². The Kier molecular flexibility index (Phi) is 5.74. The van der Waals surface area contributed by atoms with Gasteiger partial charge in [-0.3, -0.25) is 14.8 Å². The third kappa shape index (κ3) is 4.54. The average Bonchev–Trinajstić information content (AvgIpc) is 2.66. The van der Waals surface area contributed by atoms with E-state index in [9.17, 15) is 4.79 Å². The Balaban J connectivity index is 1.79. The number of hydrogen-bond acceptors (Lipinski definition) is 3. The Morgan fingerprint density at radius 2 is 1.85 bits per heavy atom. The molecule has 1 aromatic carbocycles. The fourth-order valence-corrected chi connectivity index (χ4v) is 3.08. The Morgan fingerprint density at radius 1 is 1.04 bits per heavy atom. The van der Waals surface area contributed by atoms with E-state index in [1.54, 1.807) is 18.6 Å². The molecule has 0 bridgehead atoms. The Bertz CT molecular complexity index is 863. The van der Waals surface area contributed by atoms with Crippen molar-refractivity contribution in [1.29, 1.82) is 0 Å². The minimum atomic E-state index is -0.200. The monoisotopic (exact) mass is 345 g/mol. The number of aryl methyl sites for hydroxylation is 3. The molecule has 2 heterocycles. The van der Waals surface area contributed by atoms with Crippen molar-refractivity contribution >= 4 is 5.91 Å². The minimum Gasteiger partial charge on any atom is -0.345 e. The second-order valence-electron chi connectivity index (χ2n) is 6.50. The van der Waals surface area contributed by atoms with Gasteiger partial charge in [0.15, 0.2) is 0 Å². The van der Waals surface area contributed by atoms with Gasteiger partial charge in [0.25, 0.3) is 0 Å². The number of carbonyl (C=O) groups is 1. The lowest BCUT2D eigenvalue weighted by molar-refractivity contribution is -0.121. The highest BCUT2D eigenvalue weighted by atomic mass is 16.1. The van der Waals surface area contributed by atoms with Gasteiger partial charge >= 0.3 is 0 Å². The molecule has 1 amide bonds. The smallest absolute Gasteiger partial charge is 0.221 e. The van der Waals surface area contributed by atoms with Crippen LogP contribution >= 0.6 is 0 Å². The lowest BCUT2D eigenvalue weighted by atomic mass is 9.94. The van der Waals surface area contributed by atoms with E-state index >= 15 is 0 Å². The van der Waals surface area contributed by atoms with E-state index in [-0.39, 0.29) is 11.9 Å². The predicted octanol–water partition coefficient (Wildman–Crippen LogP) is 3.93. The van der Waals surface area contributed by atoms with Crippen molar-refractivity contribution in [3.8, 4) is 0 Å². The van der Waals surface area contributed by atoms with Crippen molar-refractivity contribution in [3.63, 3.8) is 0 Å². The van der Waals surface area contributed by atoms with E-state index < -0.39 is 0 Å². The van der Waals surface area contributed by atoms with Gasteiger partial charge in [-0.2, -0.15) is 0 Å². The quantitative estimate of drug-likeness (QED) is 0.736. The van der Waals surface area contributed by atoms with E-state index in [4.69, 9.17) is 0 Å². The van der Waals surface area contributed by atoms with Crippen molar-refractivity contribution < 1.29 is 4.79 Å². The number of rotatable bonds is 6. The average molecular weight is 345 g/mol. The molecule has 3 rings (SSSR count). The number of nitrogens with one attached hydrogen (secondary N) is 1. The van der Waals surface area contributed by atoms with Crippen molar-refractivity contribution in [2.75, 3.05) is 0 Å². The van der Waals surface area contributed by atoms with E-state index in [1.807, 2.05) is 30.5 Å². The van der Waals surface area contributed by atoms with Crippen LogP contribution < -0.4 is 5.32 Å². The molecule has 0 saturated carbocycles. The summed E-state index contributed by atoms with van der Waals surface area (Å²) < 4.78 is 0. The van der Waals surface area contributed by atoms with Crippen LogP contribution in [0.1, 0.15) is 40.3 Å². The molecule has 132 valence electrons. The van der Waals surface area contributed by atoms with Crippen LogP contribution in [0.25, 0.3) is 0 Å². The SMILES string of the molecule is Cc1ccc([C@@H](NC(=O)CCc2ccncc2)c2cccnc2)c(C)c1. The molecule has 0 unspecified atom stereocenters. The number of hydrogen-bond donors (Lipinski definition) is 1.